The van der Waals surface area contributed by atoms with Crippen molar-refractivity contribution >= 4 is 5.97 Å². The van der Waals surface area contributed by atoms with Gasteiger partial charge >= 0.3 is 5.97 Å². The molecule has 0 bridgehead atoms. The van der Waals surface area contributed by atoms with Gasteiger partial charge in [-0.15, -0.1) is 0 Å². The highest BCUT2D eigenvalue weighted by Gasteiger charge is 2.27. The van der Waals surface area contributed by atoms with E-state index in [0.29, 0.717) is 6.42 Å². The average Bonchev–Trinajstić information content (AvgIpc) is 2.38. The second kappa shape index (κ2) is 2.97. The fourth-order valence-corrected chi connectivity index (χ4v) is 0.960. The summed E-state index contributed by atoms with van der Waals surface area (Å²) in [5.74, 6) is -0.788. The molecule has 0 saturated heterocycles. The van der Waals surface area contributed by atoms with Gasteiger partial charge in [-0.2, -0.15) is 5.10 Å². The van der Waals surface area contributed by atoms with Crippen LogP contribution in [0.1, 0.15) is 19.4 Å². The lowest BCUT2D eigenvalue weighted by Crippen LogP contribution is -2.25. The van der Waals surface area contributed by atoms with Crippen LogP contribution in [-0.2, 0) is 11.2 Å². The Bertz CT molecular complexity index is 265. The number of nitrogens with one attached hydrogen (secondary N) is 1. The summed E-state index contributed by atoms with van der Waals surface area (Å²) in [7, 11) is 0. The number of H-pyrrole nitrogens is 1. The fourth-order valence-electron chi connectivity index (χ4n) is 0.960. The minimum atomic E-state index is -0.788. The van der Waals surface area contributed by atoms with Gasteiger partial charge in [0.2, 0.25) is 0 Å². The Hall–Kier alpha value is -1.32. The molecule has 1 rings (SSSR count). The quantitative estimate of drug-likeness (QED) is 0.709. The van der Waals surface area contributed by atoms with E-state index in [4.69, 9.17) is 5.11 Å². The van der Waals surface area contributed by atoms with Gasteiger partial charge in [-0.05, 0) is 25.8 Å². The van der Waals surface area contributed by atoms with Crippen molar-refractivity contribution in [2.45, 2.75) is 20.3 Å². The van der Waals surface area contributed by atoms with Crippen molar-refractivity contribution in [2.24, 2.45) is 5.41 Å². The predicted molar refractivity (Wildman–Crippen MR) is 43.7 cm³/mol. The van der Waals surface area contributed by atoms with Crippen LogP contribution in [0.4, 0.5) is 0 Å². The molecule has 0 aromatic carbocycles. The van der Waals surface area contributed by atoms with E-state index in [0.717, 1.165) is 5.56 Å². The van der Waals surface area contributed by atoms with E-state index in [1.54, 1.807) is 26.2 Å². The maximum atomic E-state index is 10.7. The molecule has 0 aliphatic carbocycles. The summed E-state index contributed by atoms with van der Waals surface area (Å²) in [6, 6.07) is 0. The first-order chi connectivity index (χ1) is 5.52. The molecule has 0 unspecified atom stereocenters. The molecular formula is C8H12N2O2. The van der Waals surface area contributed by atoms with Crippen molar-refractivity contribution in [3.05, 3.63) is 18.0 Å². The van der Waals surface area contributed by atoms with Crippen molar-refractivity contribution in [1.29, 1.82) is 0 Å². The van der Waals surface area contributed by atoms with Crippen LogP contribution in [0.3, 0.4) is 0 Å². The third kappa shape index (κ3) is 1.84. The van der Waals surface area contributed by atoms with Crippen molar-refractivity contribution < 1.29 is 9.90 Å². The molecule has 1 aromatic heterocycles. The Morgan fingerprint density at radius 2 is 2.42 bits per heavy atom. The molecule has 4 nitrogen and oxygen atoms in total. The van der Waals surface area contributed by atoms with Gasteiger partial charge in [0.05, 0.1) is 11.6 Å². The molecule has 0 amide bonds. The number of rotatable bonds is 3. The highest BCUT2D eigenvalue weighted by Crippen LogP contribution is 2.20. The molecule has 0 saturated carbocycles. The van der Waals surface area contributed by atoms with E-state index in [9.17, 15) is 4.79 Å². The van der Waals surface area contributed by atoms with Crippen LogP contribution in [0.15, 0.2) is 12.4 Å². The van der Waals surface area contributed by atoms with Gasteiger partial charge in [0.1, 0.15) is 0 Å². The van der Waals surface area contributed by atoms with Gasteiger partial charge in [0.25, 0.3) is 0 Å². The molecule has 1 aromatic rings. The second-order valence-corrected chi connectivity index (χ2v) is 3.47. The Labute approximate surface area is 70.6 Å². The van der Waals surface area contributed by atoms with Crippen LogP contribution in [-0.4, -0.2) is 21.3 Å². The monoisotopic (exact) mass is 168 g/mol. The average molecular weight is 168 g/mol. The van der Waals surface area contributed by atoms with Crippen molar-refractivity contribution in [2.75, 3.05) is 0 Å². The van der Waals surface area contributed by atoms with Crippen LogP contribution in [0.2, 0.25) is 0 Å². The molecule has 0 spiro atoms. The lowest BCUT2D eigenvalue weighted by molar-refractivity contribution is -0.146. The number of hydrogen-bond donors (Lipinski definition) is 2. The lowest BCUT2D eigenvalue weighted by atomic mass is 9.87. The number of nitrogens with zero attached hydrogens (tertiary/aromatic N) is 1. The van der Waals surface area contributed by atoms with Gasteiger partial charge < -0.3 is 5.11 Å². The van der Waals surface area contributed by atoms with Gasteiger partial charge in [-0.1, -0.05) is 0 Å². The fraction of sp³-hybridized carbons (Fsp3) is 0.500. The van der Waals surface area contributed by atoms with E-state index in [1.165, 1.54) is 0 Å². The van der Waals surface area contributed by atoms with Crippen molar-refractivity contribution in [1.82, 2.24) is 10.2 Å². The zero-order valence-corrected chi connectivity index (χ0v) is 7.16. The largest absolute Gasteiger partial charge is 0.481 e. The number of aromatic nitrogens is 2. The Kier molecular flexibility index (Phi) is 2.17. The minimum absolute atomic E-state index is 0.499. The number of aliphatic carboxylic acids is 1. The van der Waals surface area contributed by atoms with Gasteiger partial charge in [-0.25, -0.2) is 0 Å². The number of carbonyl (C=O) groups is 1. The summed E-state index contributed by atoms with van der Waals surface area (Å²) >= 11 is 0. The van der Waals surface area contributed by atoms with Crippen LogP contribution in [0.5, 0.6) is 0 Å². The summed E-state index contributed by atoms with van der Waals surface area (Å²) in [6.45, 7) is 3.39. The lowest BCUT2D eigenvalue weighted by Gasteiger charge is -2.17. The summed E-state index contributed by atoms with van der Waals surface area (Å²) < 4.78 is 0. The van der Waals surface area contributed by atoms with Crippen LogP contribution < -0.4 is 0 Å². The van der Waals surface area contributed by atoms with E-state index < -0.39 is 11.4 Å². The topological polar surface area (TPSA) is 66.0 Å². The molecule has 0 fully saturated rings. The molecule has 66 valence electrons. The summed E-state index contributed by atoms with van der Waals surface area (Å²) in [5, 5.41) is 15.2. The minimum Gasteiger partial charge on any atom is -0.481 e. The molecule has 12 heavy (non-hydrogen) atoms. The van der Waals surface area contributed by atoms with E-state index in [1.807, 2.05) is 0 Å². The SMILES string of the molecule is CC(C)(Cc1cn[nH]c1)C(=O)O. The maximum absolute atomic E-state index is 10.7. The normalized spacial score (nSPS) is 11.5. The maximum Gasteiger partial charge on any atom is 0.309 e. The number of hydrogen-bond acceptors (Lipinski definition) is 2. The van der Waals surface area contributed by atoms with Gasteiger partial charge in [0, 0.05) is 6.20 Å². The zero-order chi connectivity index (χ0) is 9.19. The molecular weight excluding hydrogens is 156 g/mol. The third-order valence-corrected chi connectivity index (χ3v) is 1.78. The number of carboxylic acid groups (broad SMARTS) is 1. The summed E-state index contributed by atoms with van der Waals surface area (Å²) in [6.07, 6.45) is 3.86. The van der Waals surface area contributed by atoms with E-state index in [2.05, 4.69) is 10.2 Å². The van der Waals surface area contributed by atoms with Crippen molar-refractivity contribution in [3.8, 4) is 0 Å². The van der Waals surface area contributed by atoms with Crippen molar-refractivity contribution in [3.63, 3.8) is 0 Å². The predicted octanol–water partition coefficient (Wildman–Crippen LogP) is 1.06. The number of carboxylic acids is 1. The first-order valence-electron chi connectivity index (χ1n) is 3.73. The van der Waals surface area contributed by atoms with Gasteiger partial charge in [-0.3, -0.25) is 9.89 Å². The highest BCUT2D eigenvalue weighted by molar-refractivity contribution is 5.73. The molecule has 0 aliphatic rings. The Morgan fingerprint density at radius 3 is 2.83 bits per heavy atom. The number of aromatic amines is 1. The first kappa shape index (κ1) is 8.77. The molecule has 1 heterocycles. The summed E-state index contributed by atoms with van der Waals surface area (Å²) in [5.41, 5.74) is 0.201. The highest BCUT2D eigenvalue weighted by atomic mass is 16.4. The molecule has 4 heteroatoms. The van der Waals surface area contributed by atoms with Crippen LogP contribution >= 0.6 is 0 Å². The molecule has 0 atom stereocenters. The molecule has 0 aliphatic heterocycles. The molecule has 2 N–H and O–H groups in total. The Morgan fingerprint density at radius 1 is 1.75 bits per heavy atom. The van der Waals surface area contributed by atoms with Gasteiger partial charge in [0.15, 0.2) is 0 Å². The standard InChI is InChI=1S/C8H12N2O2/c1-8(2,7(11)12)3-6-4-9-10-5-6/h4-5H,3H2,1-2H3,(H,9,10)(H,11,12). The van der Waals surface area contributed by atoms with Crippen LogP contribution in [0, 0.1) is 5.41 Å². The summed E-state index contributed by atoms with van der Waals surface area (Å²) in [4.78, 5) is 10.7. The Balaban J connectivity index is 2.69. The van der Waals surface area contributed by atoms with E-state index >= 15 is 0 Å². The third-order valence-electron chi connectivity index (χ3n) is 1.78. The zero-order valence-electron chi connectivity index (χ0n) is 7.16. The van der Waals surface area contributed by atoms with E-state index in [-0.39, 0.29) is 0 Å². The van der Waals surface area contributed by atoms with Crippen LogP contribution in [0.25, 0.3) is 0 Å². The first-order valence-corrected chi connectivity index (χ1v) is 3.73. The second-order valence-electron chi connectivity index (χ2n) is 3.47. The smallest absolute Gasteiger partial charge is 0.309 e. The molecule has 0 radical (unpaired) electrons.